The molecular weight excluding hydrogens is 315 g/mol. The summed E-state index contributed by atoms with van der Waals surface area (Å²) in [7, 11) is -1.56. The van der Waals surface area contributed by atoms with Gasteiger partial charge in [-0.15, -0.1) is 0 Å². The van der Waals surface area contributed by atoms with E-state index in [2.05, 4.69) is 9.62 Å². The van der Waals surface area contributed by atoms with Gasteiger partial charge in [-0.25, -0.2) is 17.5 Å². The van der Waals surface area contributed by atoms with Gasteiger partial charge in [0.25, 0.3) is 0 Å². The molecule has 1 N–H and O–H groups in total. The molecule has 0 amide bonds. The van der Waals surface area contributed by atoms with Gasteiger partial charge < -0.3 is 4.90 Å². The van der Waals surface area contributed by atoms with Gasteiger partial charge in [0.05, 0.1) is 5.75 Å². The highest BCUT2D eigenvalue weighted by molar-refractivity contribution is 7.88. The predicted octanol–water partition coefficient (Wildman–Crippen LogP) is 2.38. The fourth-order valence-corrected chi connectivity index (χ4v) is 3.87. The van der Waals surface area contributed by atoms with Crippen molar-refractivity contribution < 1.29 is 12.8 Å². The average molecular weight is 335 g/mol. The molecule has 0 spiro atoms. The zero-order chi connectivity index (χ0) is 15.5. The molecule has 118 valence electrons. The average Bonchev–Trinajstić information content (AvgIpc) is 2.41. The molecule has 0 radical (unpaired) electrons. The van der Waals surface area contributed by atoms with Crippen LogP contribution in [-0.4, -0.2) is 39.5 Å². The van der Waals surface area contributed by atoms with E-state index < -0.39 is 15.8 Å². The van der Waals surface area contributed by atoms with E-state index in [1.54, 1.807) is 0 Å². The molecule has 1 aliphatic heterocycles. The Kier molecular flexibility index (Phi) is 5.60. The Bertz CT molecular complexity index is 595. The Hall–Kier alpha value is -0.690. The number of benzene rings is 1. The van der Waals surface area contributed by atoms with E-state index in [9.17, 15) is 12.8 Å². The van der Waals surface area contributed by atoms with Crippen LogP contribution >= 0.6 is 11.6 Å². The molecule has 1 aromatic carbocycles. The molecule has 0 aromatic heterocycles. The topological polar surface area (TPSA) is 49.4 Å². The van der Waals surface area contributed by atoms with Gasteiger partial charge in [-0.3, -0.25) is 0 Å². The van der Waals surface area contributed by atoms with Crippen molar-refractivity contribution in [2.45, 2.75) is 31.1 Å². The number of halogens is 2. The number of hydrogen-bond donors (Lipinski definition) is 1. The van der Waals surface area contributed by atoms with Crippen LogP contribution in [0.25, 0.3) is 0 Å². The van der Waals surface area contributed by atoms with Crippen LogP contribution in [0, 0.1) is 5.82 Å². The van der Waals surface area contributed by atoms with E-state index in [0.29, 0.717) is 6.54 Å². The Morgan fingerprint density at radius 2 is 2.19 bits per heavy atom. The second-order valence-electron chi connectivity index (χ2n) is 5.47. The van der Waals surface area contributed by atoms with Crippen molar-refractivity contribution in [3.05, 3.63) is 34.6 Å². The van der Waals surface area contributed by atoms with Crippen molar-refractivity contribution in [1.29, 1.82) is 0 Å². The van der Waals surface area contributed by atoms with Crippen LogP contribution in [-0.2, 0) is 15.8 Å². The Morgan fingerprint density at radius 3 is 2.86 bits per heavy atom. The summed E-state index contributed by atoms with van der Waals surface area (Å²) in [6, 6.07) is 4.23. The minimum atomic E-state index is -3.55. The number of nitrogens with zero attached hydrogens (tertiary/aromatic N) is 1. The molecule has 1 atom stereocenters. The number of rotatable bonds is 5. The highest BCUT2D eigenvalue weighted by Gasteiger charge is 2.22. The molecule has 0 saturated carbocycles. The lowest BCUT2D eigenvalue weighted by atomic mass is 10.0. The minimum absolute atomic E-state index is 0.129. The maximum Gasteiger partial charge on any atom is 0.215 e. The summed E-state index contributed by atoms with van der Waals surface area (Å²) >= 11 is 5.66. The van der Waals surface area contributed by atoms with E-state index in [4.69, 9.17) is 11.6 Å². The first-order valence-corrected chi connectivity index (χ1v) is 9.02. The molecule has 0 bridgehead atoms. The fourth-order valence-electron chi connectivity index (χ4n) is 2.52. The van der Waals surface area contributed by atoms with Gasteiger partial charge in [0.2, 0.25) is 10.0 Å². The summed E-state index contributed by atoms with van der Waals surface area (Å²) in [4.78, 5) is 2.16. The van der Waals surface area contributed by atoms with Gasteiger partial charge in [0, 0.05) is 23.2 Å². The number of hydrogen-bond acceptors (Lipinski definition) is 3. The first-order valence-electron chi connectivity index (χ1n) is 6.99. The normalized spacial score (nSPS) is 20.6. The zero-order valence-corrected chi connectivity index (χ0v) is 13.6. The Morgan fingerprint density at radius 1 is 1.43 bits per heavy atom. The molecule has 2 rings (SSSR count). The van der Waals surface area contributed by atoms with Gasteiger partial charge in [0.15, 0.2) is 0 Å². The van der Waals surface area contributed by atoms with E-state index in [-0.39, 0.29) is 22.4 Å². The molecule has 7 heteroatoms. The second-order valence-corrected chi connectivity index (χ2v) is 7.72. The maximum atomic E-state index is 13.7. The van der Waals surface area contributed by atoms with Crippen molar-refractivity contribution in [1.82, 2.24) is 9.62 Å². The van der Waals surface area contributed by atoms with Crippen LogP contribution in [0.5, 0.6) is 0 Å². The Balaban J connectivity index is 1.95. The van der Waals surface area contributed by atoms with Gasteiger partial charge in [-0.1, -0.05) is 24.1 Å². The fraction of sp³-hybridized carbons (Fsp3) is 0.571. The van der Waals surface area contributed by atoms with Crippen LogP contribution in [0.3, 0.4) is 0 Å². The lowest BCUT2D eigenvalue weighted by Gasteiger charge is -2.32. The Labute approximate surface area is 130 Å². The first kappa shape index (κ1) is 16.7. The zero-order valence-electron chi connectivity index (χ0n) is 12.0. The van der Waals surface area contributed by atoms with Crippen molar-refractivity contribution in [2.75, 3.05) is 20.1 Å². The number of likely N-dealkylation sites (tertiary alicyclic amines) is 1. The van der Waals surface area contributed by atoms with Gasteiger partial charge in [-0.05, 0) is 38.6 Å². The van der Waals surface area contributed by atoms with Crippen LogP contribution in [0.2, 0.25) is 5.02 Å². The van der Waals surface area contributed by atoms with Crippen LogP contribution in [0.1, 0.15) is 24.8 Å². The van der Waals surface area contributed by atoms with Crippen molar-refractivity contribution >= 4 is 21.6 Å². The summed E-state index contributed by atoms with van der Waals surface area (Å²) < 4.78 is 40.3. The van der Waals surface area contributed by atoms with Crippen LogP contribution in [0.4, 0.5) is 4.39 Å². The highest BCUT2D eigenvalue weighted by atomic mass is 35.5. The highest BCUT2D eigenvalue weighted by Crippen LogP contribution is 2.17. The second kappa shape index (κ2) is 7.05. The number of piperidine rings is 1. The number of nitrogens with one attached hydrogen (secondary N) is 1. The van der Waals surface area contributed by atoms with Gasteiger partial charge in [0.1, 0.15) is 5.82 Å². The third kappa shape index (κ3) is 4.92. The monoisotopic (exact) mass is 334 g/mol. The first-order chi connectivity index (χ1) is 9.87. The van der Waals surface area contributed by atoms with E-state index in [1.165, 1.54) is 12.1 Å². The molecule has 0 aliphatic carbocycles. The summed E-state index contributed by atoms with van der Waals surface area (Å²) in [5.41, 5.74) is 0.129. The lowest BCUT2D eigenvalue weighted by Crippen LogP contribution is -2.44. The largest absolute Gasteiger partial charge is 0.302 e. The van der Waals surface area contributed by atoms with Gasteiger partial charge in [-0.2, -0.15) is 0 Å². The lowest BCUT2D eigenvalue weighted by molar-refractivity contribution is 0.187. The van der Waals surface area contributed by atoms with E-state index in [1.807, 2.05) is 7.05 Å². The maximum absolute atomic E-state index is 13.7. The SMILES string of the molecule is CN1CCCCC1CNS(=O)(=O)Cc1ccc(Cl)cc1F. The van der Waals surface area contributed by atoms with Crippen molar-refractivity contribution in [3.63, 3.8) is 0 Å². The molecular formula is C14H20ClFN2O2S. The van der Waals surface area contributed by atoms with Crippen LogP contribution in [0.15, 0.2) is 18.2 Å². The molecule has 1 unspecified atom stereocenters. The van der Waals surface area contributed by atoms with E-state index >= 15 is 0 Å². The summed E-state index contributed by atoms with van der Waals surface area (Å²) in [5, 5.41) is 0.255. The molecule has 21 heavy (non-hydrogen) atoms. The molecule has 1 saturated heterocycles. The van der Waals surface area contributed by atoms with Crippen LogP contribution < -0.4 is 4.72 Å². The smallest absolute Gasteiger partial charge is 0.215 e. The minimum Gasteiger partial charge on any atom is -0.302 e. The molecule has 4 nitrogen and oxygen atoms in total. The summed E-state index contributed by atoms with van der Waals surface area (Å²) in [6.07, 6.45) is 3.24. The van der Waals surface area contributed by atoms with Crippen molar-refractivity contribution in [2.24, 2.45) is 0 Å². The summed E-state index contributed by atoms with van der Waals surface area (Å²) in [6.45, 7) is 1.35. The molecule has 1 aromatic rings. The van der Waals surface area contributed by atoms with E-state index in [0.717, 1.165) is 31.9 Å². The third-order valence-corrected chi connectivity index (χ3v) is 5.35. The van der Waals surface area contributed by atoms with Gasteiger partial charge >= 0.3 is 0 Å². The summed E-state index contributed by atoms with van der Waals surface area (Å²) in [5.74, 6) is -0.963. The predicted molar refractivity (Wildman–Crippen MR) is 82.3 cm³/mol. The molecule has 1 heterocycles. The molecule has 1 fully saturated rings. The molecule has 1 aliphatic rings. The third-order valence-electron chi connectivity index (χ3n) is 3.82. The standard InChI is InChI=1S/C14H20ClFN2O2S/c1-18-7-3-2-4-13(18)9-17-21(19,20)10-11-5-6-12(15)8-14(11)16/h5-6,8,13,17H,2-4,7,9-10H2,1H3. The van der Waals surface area contributed by atoms with Crippen molar-refractivity contribution in [3.8, 4) is 0 Å². The number of likely N-dealkylation sites (N-methyl/N-ethyl adjacent to an activating group) is 1. The number of sulfonamides is 1. The quantitative estimate of drug-likeness (QED) is 0.899.